The van der Waals surface area contributed by atoms with Crippen molar-refractivity contribution in [1.29, 1.82) is 0 Å². The summed E-state index contributed by atoms with van der Waals surface area (Å²) in [7, 11) is 1.61. The fourth-order valence-corrected chi connectivity index (χ4v) is 2.54. The summed E-state index contributed by atoms with van der Waals surface area (Å²) >= 11 is 0. The average Bonchev–Trinajstić information content (AvgIpc) is 2.62. The number of carbonyl (C=O) groups excluding carboxylic acids is 1. The molecule has 140 valence electrons. The second-order valence-corrected chi connectivity index (χ2v) is 6.28. The molecule has 0 aliphatic carbocycles. The van der Waals surface area contributed by atoms with Crippen molar-refractivity contribution in [3.63, 3.8) is 0 Å². The third kappa shape index (κ3) is 5.41. The second kappa shape index (κ2) is 9.13. The normalized spacial score (nSPS) is 11.6. The topological polar surface area (TPSA) is 56.8 Å². The van der Waals surface area contributed by atoms with Crippen molar-refractivity contribution in [2.75, 3.05) is 20.3 Å². The number of rotatable bonds is 8. The van der Waals surface area contributed by atoms with E-state index in [4.69, 9.17) is 14.2 Å². The van der Waals surface area contributed by atoms with E-state index in [0.717, 1.165) is 28.2 Å². The highest BCUT2D eigenvalue weighted by atomic mass is 16.5. The van der Waals surface area contributed by atoms with Crippen LogP contribution in [0.25, 0.3) is 0 Å². The number of amides is 1. The molecule has 1 N–H and O–H groups in total. The summed E-state index contributed by atoms with van der Waals surface area (Å²) < 4.78 is 16.6. The van der Waals surface area contributed by atoms with Crippen LogP contribution in [0.3, 0.4) is 0 Å². The number of aryl methyl sites for hydroxylation is 2. The van der Waals surface area contributed by atoms with E-state index >= 15 is 0 Å². The first kappa shape index (κ1) is 19.6. The Morgan fingerprint density at radius 2 is 1.85 bits per heavy atom. The number of ether oxygens (including phenoxy) is 3. The van der Waals surface area contributed by atoms with Gasteiger partial charge in [0.05, 0.1) is 13.7 Å². The number of carbonyl (C=O) groups is 1. The number of methoxy groups -OCH3 is 1. The van der Waals surface area contributed by atoms with E-state index in [-0.39, 0.29) is 5.91 Å². The lowest BCUT2D eigenvalue weighted by atomic mass is 10.1. The Kier molecular flexibility index (Phi) is 6.89. The molecule has 0 bridgehead atoms. The van der Waals surface area contributed by atoms with Crippen molar-refractivity contribution in [3.05, 3.63) is 53.1 Å². The maximum absolute atomic E-state index is 12.2. The zero-order chi connectivity index (χ0) is 19.1. The van der Waals surface area contributed by atoms with Crippen molar-refractivity contribution in [2.45, 2.75) is 33.8 Å². The van der Waals surface area contributed by atoms with Crippen molar-refractivity contribution in [1.82, 2.24) is 5.32 Å². The Bertz CT molecular complexity index is 758. The molecule has 0 heterocycles. The molecule has 0 saturated carbocycles. The third-order valence-electron chi connectivity index (χ3n) is 4.15. The summed E-state index contributed by atoms with van der Waals surface area (Å²) in [5.74, 6) is 2.02. The van der Waals surface area contributed by atoms with Gasteiger partial charge in [-0.2, -0.15) is 0 Å². The van der Waals surface area contributed by atoms with E-state index in [1.165, 1.54) is 0 Å². The maximum atomic E-state index is 12.2. The van der Waals surface area contributed by atoms with Crippen molar-refractivity contribution >= 4 is 5.91 Å². The van der Waals surface area contributed by atoms with Crippen LogP contribution in [0.15, 0.2) is 36.4 Å². The van der Waals surface area contributed by atoms with E-state index in [9.17, 15) is 4.79 Å². The lowest BCUT2D eigenvalue weighted by Gasteiger charge is -2.18. The molecule has 0 aliphatic heterocycles. The predicted molar refractivity (Wildman–Crippen MR) is 102 cm³/mol. The molecule has 0 fully saturated rings. The first-order valence-corrected chi connectivity index (χ1v) is 8.69. The number of nitrogens with one attached hydrogen (secondary N) is 1. The smallest absolute Gasteiger partial charge is 0.260 e. The first-order valence-electron chi connectivity index (χ1n) is 8.69. The lowest BCUT2D eigenvalue weighted by molar-refractivity contribution is -0.127. The van der Waals surface area contributed by atoms with E-state index in [0.29, 0.717) is 18.9 Å². The van der Waals surface area contributed by atoms with Crippen LogP contribution in [0, 0.1) is 20.8 Å². The van der Waals surface area contributed by atoms with Crippen molar-refractivity contribution in [3.8, 4) is 17.2 Å². The molecular formula is C21H27NO4. The summed E-state index contributed by atoms with van der Waals surface area (Å²) in [6, 6.07) is 11.4. The van der Waals surface area contributed by atoms with E-state index in [1.54, 1.807) is 20.1 Å². The van der Waals surface area contributed by atoms with Crippen LogP contribution >= 0.6 is 0 Å². The molecule has 5 heteroatoms. The van der Waals surface area contributed by atoms with Crippen molar-refractivity contribution in [2.24, 2.45) is 0 Å². The van der Waals surface area contributed by atoms with Crippen LogP contribution in [0.1, 0.15) is 23.6 Å². The Labute approximate surface area is 155 Å². The molecular weight excluding hydrogens is 330 g/mol. The molecule has 0 saturated heterocycles. The highest BCUT2D eigenvalue weighted by Crippen LogP contribution is 2.24. The number of hydrogen-bond acceptors (Lipinski definition) is 4. The maximum Gasteiger partial charge on any atom is 0.260 e. The van der Waals surface area contributed by atoms with Crippen LogP contribution in [-0.2, 0) is 4.79 Å². The van der Waals surface area contributed by atoms with Gasteiger partial charge >= 0.3 is 0 Å². The van der Waals surface area contributed by atoms with Crippen LogP contribution in [-0.4, -0.2) is 32.3 Å². The lowest BCUT2D eigenvalue weighted by Crippen LogP contribution is -2.38. The van der Waals surface area contributed by atoms with Gasteiger partial charge in [0.1, 0.15) is 23.9 Å². The monoisotopic (exact) mass is 357 g/mol. The molecule has 2 rings (SSSR count). The summed E-state index contributed by atoms with van der Waals surface area (Å²) in [6.45, 7) is 8.56. The van der Waals surface area contributed by atoms with Gasteiger partial charge in [-0.25, -0.2) is 0 Å². The van der Waals surface area contributed by atoms with E-state index in [2.05, 4.69) is 11.4 Å². The van der Waals surface area contributed by atoms with Gasteiger partial charge in [0, 0.05) is 6.07 Å². The molecule has 1 amide bonds. The minimum atomic E-state index is -0.577. The summed E-state index contributed by atoms with van der Waals surface area (Å²) in [4.78, 5) is 12.2. The SMILES string of the molecule is COc1cccc(OCCNC(=O)[C@H](C)Oc2cc(C)cc(C)c2C)c1. The van der Waals surface area contributed by atoms with Gasteiger partial charge in [0.25, 0.3) is 5.91 Å². The Morgan fingerprint density at radius 3 is 2.58 bits per heavy atom. The average molecular weight is 357 g/mol. The Balaban J connectivity index is 1.80. The molecule has 5 nitrogen and oxygen atoms in total. The zero-order valence-corrected chi connectivity index (χ0v) is 16.1. The summed E-state index contributed by atoms with van der Waals surface area (Å²) in [5, 5.41) is 2.83. The standard InChI is InChI=1S/C21H27NO4/c1-14-11-15(2)16(3)20(12-14)26-17(4)21(23)22-9-10-25-19-8-6-7-18(13-19)24-5/h6-8,11-13,17H,9-10H2,1-5H3,(H,22,23)/t17-/m0/s1. The molecule has 2 aromatic carbocycles. The van der Waals surface area contributed by atoms with E-state index in [1.807, 2.05) is 45.0 Å². The fraction of sp³-hybridized carbons (Fsp3) is 0.381. The molecule has 2 aromatic rings. The molecule has 26 heavy (non-hydrogen) atoms. The van der Waals surface area contributed by atoms with Gasteiger partial charge < -0.3 is 19.5 Å². The third-order valence-corrected chi connectivity index (χ3v) is 4.15. The first-order chi connectivity index (χ1) is 12.4. The molecule has 0 radical (unpaired) electrons. The number of benzene rings is 2. The zero-order valence-electron chi connectivity index (χ0n) is 16.1. The predicted octanol–water partition coefficient (Wildman–Crippen LogP) is 3.58. The Hall–Kier alpha value is -2.69. The highest BCUT2D eigenvalue weighted by molar-refractivity contribution is 5.80. The molecule has 0 aliphatic rings. The van der Waals surface area contributed by atoms with E-state index < -0.39 is 6.10 Å². The molecule has 1 atom stereocenters. The van der Waals surface area contributed by atoms with Crippen LogP contribution in [0.5, 0.6) is 17.2 Å². The number of hydrogen-bond donors (Lipinski definition) is 1. The van der Waals surface area contributed by atoms with Gasteiger partial charge in [-0.1, -0.05) is 12.1 Å². The fourth-order valence-electron chi connectivity index (χ4n) is 2.54. The minimum absolute atomic E-state index is 0.169. The quantitative estimate of drug-likeness (QED) is 0.734. The van der Waals surface area contributed by atoms with Crippen LogP contribution in [0.4, 0.5) is 0 Å². The minimum Gasteiger partial charge on any atom is -0.497 e. The second-order valence-electron chi connectivity index (χ2n) is 6.28. The van der Waals surface area contributed by atoms with Gasteiger partial charge in [-0.15, -0.1) is 0 Å². The molecule has 0 unspecified atom stereocenters. The van der Waals surface area contributed by atoms with Crippen LogP contribution < -0.4 is 19.5 Å². The van der Waals surface area contributed by atoms with Crippen LogP contribution in [0.2, 0.25) is 0 Å². The summed E-state index contributed by atoms with van der Waals surface area (Å²) in [5.41, 5.74) is 3.32. The van der Waals surface area contributed by atoms with Gasteiger partial charge in [-0.05, 0) is 62.6 Å². The van der Waals surface area contributed by atoms with Crippen molar-refractivity contribution < 1.29 is 19.0 Å². The van der Waals surface area contributed by atoms with Gasteiger partial charge in [-0.3, -0.25) is 4.79 Å². The van der Waals surface area contributed by atoms with Gasteiger partial charge in [0.15, 0.2) is 6.10 Å². The highest BCUT2D eigenvalue weighted by Gasteiger charge is 2.16. The largest absolute Gasteiger partial charge is 0.497 e. The molecule has 0 spiro atoms. The summed E-state index contributed by atoms with van der Waals surface area (Å²) in [6.07, 6.45) is -0.577. The van der Waals surface area contributed by atoms with Gasteiger partial charge in [0.2, 0.25) is 0 Å². The Morgan fingerprint density at radius 1 is 1.12 bits per heavy atom. The molecule has 0 aromatic heterocycles.